The third-order valence-electron chi connectivity index (χ3n) is 2.01. The quantitative estimate of drug-likeness (QED) is 0.824. The molecule has 7 nitrogen and oxygen atoms in total. The third-order valence-corrected chi connectivity index (χ3v) is 3.88. The number of rotatable bonds is 3. The molecule has 0 aliphatic rings. The van der Waals surface area contributed by atoms with E-state index in [0.717, 1.165) is 0 Å². The first-order valence-corrected chi connectivity index (χ1v) is 7.04. The molecule has 0 aliphatic carbocycles. The van der Waals surface area contributed by atoms with Gasteiger partial charge in [-0.1, -0.05) is 21.1 Å². The molecule has 0 amide bonds. The maximum Gasteiger partial charge on any atom is 0.335 e. The van der Waals surface area contributed by atoms with Crippen LogP contribution in [-0.2, 0) is 10.0 Å². The van der Waals surface area contributed by atoms with Crippen molar-refractivity contribution < 1.29 is 12.9 Å². The van der Waals surface area contributed by atoms with Gasteiger partial charge in [-0.05, 0) is 25.1 Å². The number of anilines is 2. The van der Waals surface area contributed by atoms with E-state index in [1.165, 1.54) is 12.1 Å². The van der Waals surface area contributed by atoms with E-state index in [0.29, 0.717) is 10.3 Å². The number of aromatic nitrogens is 2. The van der Waals surface area contributed by atoms with Gasteiger partial charge in [0, 0.05) is 4.47 Å². The van der Waals surface area contributed by atoms with Crippen LogP contribution in [0.15, 0.2) is 32.1 Å². The van der Waals surface area contributed by atoms with Crippen LogP contribution in [0.25, 0.3) is 0 Å². The first-order valence-electron chi connectivity index (χ1n) is 4.76. The summed E-state index contributed by atoms with van der Waals surface area (Å²) in [5.41, 5.74) is 5.75. The number of hydrogen-bond donors (Lipinski definition) is 2. The van der Waals surface area contributed by atoms with Gasteiger partial charge in [0.2, 0.25) is 0 Å². The number of hydrogen-bond acceptors (Lipinski definition) is 6. The molecule has 0 radical (unpaired) electrons. The summed E-state index contributed by atoms with van der Waals surface area (Å²) in [5, 5.41) is 3.48. The van der Waals surface area contributed by atoms with Crippen molar-refractivity contribution in [2.24, 2.45) is 0 Å². The second-order valence-electron chi connectivity index (χ2n) is 3.43. The summed E-state index contributed by atoms with van der Waals surface area (Å²) in [6, 6.07) is 4.32. The fourth-order valence-corrected chi connectivity index (χ4v) is 2.85. The zero-order chi connectivity index (χ0) is 13.3. The van der Waals surface area contributed by atoms with Crippen LogP contribution in [0.2, 0.25) is 0 Å². The van der Waals surface area contributed by atoms with Crippen LogP contribution in [-0.4, -0.2) is 18.6 Å². The average molecular weight is 333 g/mol. The monoisotopic (exact) mass is 332 g/mol. The van der Waals surface area contributed by atoms with Crippen LogP contribution in [0.5, 0.6) is 0 Å². The number of nitrogens with one attached hydrogen (secondary N) is 1. The lowest BCUT2D eigenvalue weighted by Gasteiger charge is -2.07. The van der Waals surface area contributed by atoms with Crippen molar-refractivity contribution in [2.75, 3.05) is 10.5 Å². The molecule has 0 atom stereocenters. The Morgan fingerprint density at radius 1 is 1.44 bits per heavy atom. The Kier molecular flexibility index (Phi) is 3.26. The Balaban J connectivity index is 2.39. The zero-order valence-electron chi connectivity index (χ0n) is 9.21. The summed E-state index contributed by atoms with van der Waals surface area (Å²) in [6.07, 6.45) is 0. The number of nitrogen functional groups attached to an aromatic ring is 1. The van der Waals surface area contributed by atoms with Crippen LogP contribution in [0.1, 0.15) is 5.82 Å². The minimum absolute atomic E-state index is 0.0623. The van der Waals surface area contributed by atoms with Crippen LogP contribution in [0, 0.1) is 6.92 Å². The molecule has 0 fully saturated rings. The van der Waals surface area contributed by atoms with Crippen molar-refractivity contribution in [3.63, 3.8) is 0 Å². The lowest BCUT2D eigenvalue weighted by Crippen LogP contribution is -2.15. The van der Waals surface area contributed by atoms with Gasteiger partial charge in [-0.15, -0.1) is 0 Å². The molecule has 9 heteroatoms. The van der Waals surface area contributed by atoms with E-state index in [4.69, 9.17) is 5.73 Å². The van der Waals surface area contributed by atoms with Gasteiger partial charge in [-0.25, -0.2) is 13.1 Å². The van der Waals surface area contributed by atoms with Crippen molar-refractivity contribution in [3.05, 3.63) is 28.5 Å². The zero-order valence-corrected chi connectivity index (χ0v) is 11.6. The molecule has 0 bridgehead atoms. The molecule has 96 valence electrons. The molecule has 0 aliphatic heterocycles. The molecule has 1 aromatic heterocycles. The highest BCUT2D eigenvalue weighted by molar-refractivity contribution is 9.10. The molecule has 0 unspecified atom stereocenters. The topological polar surface area (TPSA) is 111 Å². The molecule has 0 saturated heterocycles. The lowest BCUT2D eigenvalue weighted by atomic mass is 10.3. The number of halogens is 1. The van der Waals surface area contributed by atoms with Crippen molar-refractivity contribution in [3.8, 4) is 0 Å². The second-order valence-corrected chi connectivity index (χ2v) is 6.00. The number of nitrogens with zero attached hydrogens (tertiary/aromatic N) is 2. The Hall–Kier alpha value is -1.61. The predicted molar refractivity (Wildman–Crippen MR) is 68.4 cm³/mol. The fraction of sp³-hybridized carbons (Fsp3) is 0.111. The van der Waals surface area contributed by atoms with Gasteiger partial charge in [0.05, 0.1) is 5.69 Å². The van der Waals surface area contributed by atoms with Gasteiger partial charge in [0.1, 0.15) is 4.90 Å². The summed E-state index contributed by atoms with van der Waals surface area (Å²) in [6.45, 7) is 1.58. The SMILES string of the molecule is Cc1noc(NS(=O)(=O)c2cc(Br)ccc2N)n1. The molecule has 2 rings (SSSR count). The van der Waals surface area contributed by atoms with Gasteiger partial charge in [-0.3, -0.25) is 0 Å². The number of nitrogens with two attached hydrogens (primary N) is 1. The third kappa shape index (κ3) is 2.62. The highest BCUT2D eigenvalue weighted by Gasteiger charge is 2.20. The van der Waals surface area contributed by atoms with E-state index in [9.17, 15) is 8.42 Å². The van der Waals surface area contributed by atoms with E-state index >= 15 is 0 Å². The fourth-order valence-electron chi connectivity index (χ4n) is 1.25. The largest absolute Gasteiger partial charge is 0.398 e. The Labute approximate surface area is 112 Å². The maximum atomic E-state index is 12.0. The van der Waals surface area contributed by atoms with Crippen molar-refractivity contribution in [1.82, 2.24) is 10.1 Å². The van der Waals surface area contributed by atoms with Gasteiger partial charge >= 0.3 is 6.01 Å². The summed E-state index contributed by atoms with van der Waals surface area (Å²) in [4.78, 5) is 3.69. The van der Waals surface area contributed by atoms with E-state index < -0.39 is 10.0 Å². The van der Waals surface area contributed by atoms with Gasteiger partial charge in [-0.2, -0.15) is 4.98 Å². The van der Waals surface area contributed by atoms with Crippen LogP contribution in [0.4, 0.5) is 11.7 Å². The average Bonchev–Trinajstić information content (AvgIpc) is 2.66. The van der Waals surface area contributed by atoms with Crippen molar-refractivity contribution in [2.45, 2.75) is 11.8 Å². The van der Waals surface area contributed by atoms with Crippen molar-refractivity contribution >= 4 is 37.7 Å². The summed E-state index contributed by atoms with van der Waals surface area (Å²) >= 11 is 3.18. The Morgan fingerprint density at radius 2 is 2.17 bits per heavy atom. The first-order chi connectivity index (χ1) is 8.38. The van der Waals surface area contributed by atoms with Gasteiger partial charge in [0.15, 0.2) is 5.82 Å². The van der Waals surface area contributed by atoms with E-state index in [1.54, 1.807) is 13.0 Å². The molecular formula is C9H9BrN4O3S. The Bertz CT molecular complexity index is 683. The van der Waals surface area contributed by atoms with Crippen LogP contribution in [0.3, 0.4) is 0 Å². The minimum Gasteiger partial charge on any atom is -0.398 e. The standard InChI is InChI=1S/C9H9BrN4O3S/c1-5-12-9(17-13-5)14-18(15,16)8-4-6(10)2-3-7(8)11/h2-4H,11H2,1H3,(H,12,13,14). The van der Waals surface area contributed by atoms with Crippen LogP contribution < -0.4 is 10.5 Å². The molecule has 3 N–H and O–H groups in total. The molecular weight excluding hydrogens is 324 g/mol. The predicted octanol–water partition coefficient (Wildman–Crippen LogP) is 1.52. The molecule has 0 spiro atoms. The highest BCUT2D eigenvalue weighted by atomic mass is 79.9. The smallest absolute Gasteiger partial charge is 0.335 e. The van der Waals surface area contributed by atoms with E-state index in [-0.39, 0.29) is 16.6 Å². The maximum absolute atomic E-state index is 12.0. The summed E-state index contributed by atoms with van der Waals surface area (Å²) < 4.78 is 31.5. The summed E-state index contributed by atoms with van der Waals surface area (Å²) in [7, 11) is -3.85. The molecule has 0 saturated carbocycles. The van der Waals surface area contributed by atoms with Crippen molar-refractivity contribution in [1.29, 1.82) is 0 Å². The van der Waals surface area contributed by atoms with Gasteiger partial charge in [0.25, 0.3) is 10.0 Å². The minimum atomic E-state index is -3.85. The molecule has 18 heavy (non-hydrogen) atoms. The Morgan fingerprint density at radius 3 is 2.78 bits per heavy atom. The molecule has 2 aromatic rings. The number of aryl methyl sites for hydroxylation is 1. The molecule has 1 heterocycles. The van der Waals surface area contributed by atoms with E-state index in [2.05, 4.69) is 35.3 Å². The first kappa shape index (κ1) is 12.8. The summed E-state index contributed by atoms with van der Waals surface area (Å²) in [5.74, 6) is 0.329. The van der Waals surface area contributed by atoms with Crippen LogP contribution >= 0.6 is 15.9 Å². The number of sulfonamides is 1. The lowest BCUT2D eigenvalue weighted by molar-refractivity contribution is 0.429. The van der Waals surface area contributed by atoms with E-state index in [1.807, 2.05) is 0 Å². The van der Waals surface area contributed by atoms with Gasteiger partial charge < -0.3 is 10.3 Å². The second kappa shape index (κ2) is 4.58. The molecule has 1 aromatic carbocycles. The number of benzene rings is 1. The highest BCUT2D eigenvalue weighted by Crippen LogP contribution is 2.24. The normalized spacial score (nSPS) is 11.4.